The summed E-state index contributed by atoms with van der Waals surface area (Å²) in [4.78, 5) is 22.5. The van der Waals surface area contributed by atoms with Gasteiger partial charge in [-0.15, -0.1) is 0 Å². The third kappa shape index (κ3) is 4.77. The lowest BCUT2D eigenvalue weighted by molar-refractivity contribution is -0.385. The number of nitrogens with one attached hydrogen (secondary N) is 1. The average Bonchev–Trinajstić information content (AvgIpc) is 2.36. The lowest BCUT2D eigenvalue weighted by atomic mass is 9.85. The standard InChI is InChI=1S/C14H18BrFN2O3/c1-14(2,3)12(6-7-15)17-13(19)10-8-9(16)4-5-11(10)18(20)21/h4-5,8,12H,6-7H2,1-3H3,(H,17,19). The van der Waals surface area contributed by atoms with E-state index in [1.165, 1.54) is 0 Å². The van der Waals surface area contributed by atoms with E-state index in [0.29, 0.717) is 11.8 Å². The lowest BCUT2D eigenvalue weighted by Crippen LogP contribution is -2.44. The van der Waals surface area contributed by atoms with Crippen LogP contribution >= 0.6 is 15.9 Å². The van der Waals surface area contributed by atoms with Crippen LogP contribution in [0.15, 0.2) is 18.2 Å². The number of rotatable bonds is 5. The highest BCUT2D eigenvalue weighted by molar-refractivity contribution is 9.09. The predicted molar refractivity (Wildman–Crippen MR) is 82.2 cm³/mol. The van der Waals surface area contributed by atoms with Crippen molar-refractivity contribution in [2.24, 2.45) is 5.41 Å². The van der Waals surface area contributed by atoms with Crippen molar-refractivity contribution in [3.05, 3.63) is 39.7 Å². The number of nitro groups is 1. The Labute approximate surface area is 131 Å². The molecule has 0 radical (unpaired) electrons. The van der Waals surface area contributed by atoms with E-state index in [-0.39, 0.29) is 17.0 Å². The smallest absolute Gasteiger partial charge is 0.282 e. The van der Waals surface area contributed by atoms with Gasteiger partial charge in [-0.1, -0.05) is 36.7 Å². The van der Waals surface area contributed by atoms with Crippen molar-refractivity contribution < 1.29 is 14.1 Å². The van der Waals surface area contributed by atoms with Crippen LogP contribution in [0.1, 0.15) is 37.6 Å². The molecule has 0 saturated carbocycles. The summed E-state index contributed by atoms with van der Waals surface area (Å²) in [5.74, 6) is -1.32. The molecule has 1 N–H and O–H groups in total. The summed E-state index contributed by atoms with van der Waals surface area (Å²) in [7, 11) is 0. The molecule has 0 aromatic heterocycles. The van der Waals surface area contributed by atoms with Crippen molar-refractivity contribution in [3.8, 4) is 0 Å². The third-order valence-corrected chi connectivity index (χ3v) is 3.61. The first-order valence-electron chi connectivity index (χ1n) is 6.47. The quantitative estimate of drug-likeness (QED) is 0.494. The SMILES string of the molecule is CC(C)(C)C(CCBr)NC(=O)c1cc(F)ccc1[N+](=O)[O-]. The molecule has 0 bridgehead atoms. The minimum absolute atomic E-state index is 0.188. The highest BCUT2D eigenvalue weighted by Crippen LogP contribution is 2.25. The van der Waals surface area contributed by atoms with E-state index in [4.69, 9.17) is 0 Å². The Hall–Kier alpha value is -1.50. The van der Waals surface area contributed by atoms with Gasteiger partial charge in [0.1, 0.15) is 11.4 Å². The second-order valence-electron chi connectivity index (χ2n) is 5.79. The molecule has 0 spiro atoms. The fraction of sp³-hybridized carbons (Fsp3) is 0.500. The lowest BCUT2D eigenvalue weighted by Gasteiger charge is -2.31. The van der Waals surface area contributed by atoms with Crippen LogP contribution in [0.25, 0.3) is 0 Å². The van der Waals surface area contributed by atoms with Gasteiger partial charge in [-0.3, -0.25) is 14.9 Å². The molecule has 1 aromatic rings. The molecule has 1 aromatic carbocycles. The van der Waals surface area contributed by atoms with E-state index >= 15 is 0 Å². The van der Waals surface area contributed by atoms with Gasteiger partial charge in [0.25, 0.3) is 11.6 Å². The maximum absolute atomic E-state index is 13.3. The fourth-order valence-corrected chi connectivity index (χ4v) is 2.37. The molecule has 0 saturated heterocycles. The van der Waals surface area contributed by atoms with Crippen molar-refractivity contribution in [1.29, 1.82) is 0 Å². The zero-order chi connectivity index (χ0) is 16.2. The van der Waals surface area contributed by atoms with E-state index in [1.54, 1.807) is 0 Å². The second kappa shape index (κ2) is 6.98. The van der Waals surface area contributed by atoms with E-state index in [2.05, 4.69) is 21.2 Å². The summed E-state index contributed by atoms with van der Waals surface area (Å²) in [6.07, 6.45) is 0.665. The summed E-state index contributed by atoms with van der Waals surface area (Å²) >= 11 is 3.32. The molecule has 1 atom stereocenters. The number of hydrogen-bond donors (Lipinski definition) is 1. The van der Waals surface area contributed by atoms with Gasteiger partial charge in [-0.05, 0) is 24.0 Å². The van der Waals surface area contributed by atoms with Crippen LogP contribution < -0.4 is 5.32 Å². The highest BCUT2D eigenvalue weighted by atomic mass is 79.9. The number of alkyl halides is 1. The van der Waals surface area contributed by atoms with Crippen molar-refractivity contribution in [2.45, 2.75) is 33.2 Å². The Bertz CT molecular complexity index is 544. The zero-order valence-corrected chi connectivity index (χ0v) is 13.7. The molecule has 5 nitrogen and oxygen atoms in total. The van der Waals surface area contributed by atoms with Crippen LogP contribution in [0, 0.1) is 21.3 Å². The first-order valence-corrected chi connectivity index (χ1v) is 7.59. The largest absolute Gasteiger partial charge is 0.349 e. The molecule has 116 valence electrons. The summed E-state index contributed by atoms with van der Waals surface area (Å²) in [5, 5.41) is 14.4. The molecule has 0 heterocycles. The number of benzene rings is 1. The Morgan fingerprint density at radius 3 is 2.57 bits per heavy atom. The Kier molecular flexibility index (Phi) is 5.83. The van der Waals surface area contributed by atoms with E-state index in [0.717, 1.165) is 18.2 Å². The summed E-state index contributed by atoms with van der Waals surface area (Å²) in [6, 6.07) is 2.67. The molecule has 7 heteroatoms. The maximum Gasteiger partial charge on any atom is 0.282 e. The Balaban J connectivity index is 3.08. The first kappa shape index (κ1) is 17.6. The number of carbonyl (C=O) groups is 1. The molecule has 0 aliphatic rings. The molecular formula is C14H18BrFN2O3. The van der Waals surface area contributed by atoms with Gasteiger partial charge in [0.15, 0.2) is 0 Å². The summed E-state index contributed by atoms with van der Waals surface area (Å²) < 4.78 is 13.3. The van der Waals surface area contributed by atoms with Gasteiger partial charge in [0.2, 0.25) is 0 Å². The Morgan fingerprint density at radius 2 is 2.10 bits per heavy atom. The molecule has 0 fully saturated rings. The number of nitrogens with zero attached hydrogens (tertiary/aromatic N) is 1. The minimum Gasteiger partial charge on any atom is -0.349 e. The van der Waals surface area contributed by atoms with Crippen LogP contribution in [0.4, 0.5) is 10.1 Å². The van der Waals surface area contributed by atoms with Crippen molar-refractivity contribution in [1.82, 2.24) is 5.32 Å². The van der Waals surface area contributed by atoms with Crippen LogP contribution in [0.2, 0.25) is 0 Å². The number of amides is 1. The third-order valence-electron chi connectivity index (χ3n) is 3.15. The molecule has 1 amide bonds. The number of halogens is 2. The minimum atomic E-state index is -0.690. The normalized spacial score (nSPS) is 12.8. The van der Waals surface area contributed by atoms with Crippen LogP contribution in [0.5, 0.6) is 0 Å². The highest BCUT2D eigenvalue weighted by Gasteiger charge is 2.28. The molecule has 1 unspecified atom stereocenters. The fourth-order valence-electron chi connectivity index (χ4n) is 1.92. The topological polar surface area (TPSA) is 72.2 Å². The molecular weight excluding hydrogens is 343 g/mol. The van der Waals surface area contributed by atoms with Gasteiger partial charge < -0.3 is 5.32 Å². The van der Waals surface area contributed by atoms with E-state index in [1.807, 2.05) is 20.8 Å². The van der Waals surface area contributed by atoms with Crippen LogP contribution in [0.3, 0.4) is 0 Å². The first-order chi connectivity index (χ1) is 9.66. The maximum atomic E-state index is 13.3. The van der Waals surface area contributed by atoms with E-state index < -0.39 is 22.3 Å². The van der Waals surface area contributed by atoms with Gasteiger partial charge in [0, 0.05) is 17.4 Å². The number of hydrogen-bond acceptors (Lipinski definition) is 3. The molecule has 0 aliphatic carbocycles. The number of nitro benzene ring substituents is 1. The van der Waals surface area contributed by atoms with Gasteiger partial charge in [-0.2, -0.15) is 0 Å². The average molecular weight is 361 g/mol. The van der Waals surface area contributed by atoms with Crippen LogP contribution in [-0.2, 0) is 0 Å². The van der Waals surface area contributed by atoms with Gasteiger partial charge >= 0.3 is 0 Å². The predicted octanol–water partition coefficient (Wildman–Crippen LogP) is 3.66. The molecule has 1 rings (SSSR count). The van der Waals surface area contributed by atoms with Crippen molar-refractivity contribution in [2.75, 3.05) is 5.33 Å². The van der Waals surface area contributed by atoms with Crippen molar-refractivity contribution in [3.63, 3.8) is 0 Å². The van der Waals surface area contributed by atoms with Gasteiger partial charge in [-0.25, -0.2) is 4.39 Å². The summed E-state index contributed by atoms with van der Waals surface area (Å²) in [5.41, 5.74) is -0.879. The zero-order valence-electron chi connectivity index (χ0n) is 12.2. The molecule has 0 aliphatic heterocycles. The van der Waals surface area contributed by atoms with Crippen LogP contribution in [-0.4, -0.2) is 22.2 Å². The Morgan fingerprint density at radius 1 is 1.48 bits per heavy atom. The van der Waals surface area contributed by atoms with E-state index in [9.17, 15) is 19.3 Å². The summed E-state index contributed by atoms with van der Waals surface area (Å²) in [6.45, 7) is 5.88. The van der Waals surface area contributed by atoms with Crippen molar-refractivity contribution >= 4 is 27.5 Å². The second-order valence-corrected chi connectivity index (χ2v) is 6.58. The molecule has 21 heavy (non-hydrogen) atoms. The van der Waals surface area contributed by atoms with Gasteiger partial charge in [0.05, 0.1) is 4.92 Å². The monoisotopic (exact) mass is 360 g/mol. The number of carbonyl (C=O) groups excluding carboxylic acids is 1.